The molecule has 0 heterocycles. The van der Waals surface area contributed by atoms with Crippen LogP contribution < -0.4 is 5.73 Å². The second kappa shape index (κ2) is 6.70. The first-order valence-electron chi connectivity index (χ1n) is 4.71. The summed E-state index contributed by atoms with van der Waals surface area (Å²) in [4.78, 5) is 0. The molecule has 0 aromatic carbocycles. The van der Waals surface area contributed by atoms with E-state index in [-0.39, 0.29) is 25.1 Å². The maximum Gasteiger partial charge on any atom is 0.0445 e. The number of aliphatic hydroxyl groups excluding tert-OH is 1. The summed E-state index contributed by atoms with van der Waals surface area (Å²) in [5.41, 5.74) is 5.90. The van der Waals surface area contributed by atoms with Crippen LogP contribution in [-0.4, -0.2) is 17.8 Å². The molecular formula is C9H20ClNO. The molecule has 3 heteroatoms. The van der Waals surface area contributed by atoms with Gasteiger partial charge in [0.25, 0.3) is 0 Å². The highest BCUT2D eigenvalue weighted by Gasteiger charge is 2.19. The van der Waals surface area contributed by atoms with Crippen molar-refractivity contribution in [2.45, 2.75) is 44.6 Å². The number of halogens is 1. The Morgan fingerprint density at radius 2 is 1.83 bits per heavy atom. The molecule has 2 nitrogen and oxygen atoms in total. The zero-order valence-corrected chi connectivity index (χ0v) is 8.35. The Kier molecular flexibility index (Phi) is 6.81. The summed E-state index contributed by atoms with van der Waals surface area (Å²) in [5, 5.41) is 8.69. The van der Waals surface area contributed by atoms with Crippen molar-refractivity contribution in [1.82, 2.24) is 0 Å². The Morgan fingerprint density at radius 1 is 1.25 bits per heavy atom. The van der Waals surface area contributed by atoms with Crippen LogP contribution in [0.5, 0.6) is 0 Å². The summed E-state index contributed by atoms with van der Waals surface area (Å²) >= 11 is 0. The van der Waals surface area contributed by atoms with Crippen molar-refractivity contribution in [1.29, 1.82) is 0 Å². The highest BCUT2D eigenvalue weighted by Crippen LogP contribution is 2.26. The molecule has 0 spiro atoms. The van der Waals surface area contributed by atoms with Crippen molar-refractivity contribution in [2.24, 2.45) is 11.7 Å². The average molecular weight is 194 g/mol. The van der Waals surface area contributed by atoms with E-state index in [2.05, 4.69) is 0 Å². The van der Waals surface area contributed by atoms with Crippen molar-refractivity contribution in [3.05, 3.63) is 0 Å². The summed E-state index contributed by atoms with van der Waals surface area (Å²) < 4.78 is 0. The first kappa shape index (κ1) is 12.2. The van der Waals surface area contributed by atoms with Crippen LogP contribution >= 0.6 is 12.4 Å². The molecule has 0 unspecified atom stereocenters. The number of aliphatic hydroxyl groups is 1. The normalized spacial score (nSPS) is 21.5. The number of nitrogens with two attached hydrogens (primary N) is 1. The van der Waals surface area contributed by atoms with Gasteiger partial charge in [-0.3, -0.25) is 0 Å². The molecule has 0 aromatic rings. The summed E-state index contributed by atoms with van der Waals surface area (Å²) in [6.07, 6.45) is 7.39. The lowest BCUT2D eigenvalue weighted by molar-refractivity contribution is 0.230. The van der Waals surface area contributed by atoms with E-state index in [0.29, 0.717) is 5.92 Å². The van der Waals surface area contributed by atoms with Gasteiger partial charge in [-0.15, -0.1) is 12.4 Å². The molecule has 1 fully saturated rings. The van der Waals surface area contributed by atoms with E-state index in [1.165, 1.54) is 32.1 Å². The standard InChI is InChI=1S/C9H19NO.ClH/c10-9(6-7-11)8-4-2-1-3-5-8;/h8-9,11H,1-7,10H2;1H/t9-;/m0./s1. The number of rotatable bonds is 3. The number of hydrogen-bond acceptors (Lipinski definition) is 2. The van der Waals surface area contributed by atoms with E-state index in [1.807, 2.05) is 0 Å². The molecular weight excluding hydrogens is 174 g/mol. The molecule has 0 saturated heterocycles. The molecule has 0 aromatic heterocycles. The van der Waals surface area contributed by atoms with Gasteiger partial charge in [-0.2, -0.15) is 0 Å². The fraction of sp³-hybridized carbons (Fsp3) is 1.00. The zero-order chi connectivity index (χ0) is 8.10. The van der Waals surface area contributed by atoms with E-state index in [0.717, 1.165) is 6.42 Å². The second-order valence-electron chi connectivity index (χ2n) is 3.57. The predicted molar refractivity (Wildman–Crippen MR) is 53.5 cm³/mol. The molecule has 0 radical (unpaired) electrons. The molecule has 1 aliphatic rings. The van der Waals surface area contributed by atoms with Crippen LogP contribution in [0.3, 0.4) is 0 Å². The minimum Gasteiger partial charge on any atom is -0.396 e. The van der Waals surface area contributed by atoms with Gasteiger partial charge in [0, 0.05) is 12.6 Å². The Hall–Kier alpha value is 0.210. The monoisotopic (exact) mass is 193 g/mol. The largest absolute Gasteiger partial charge is 0.396 e. The van der Waals surface area contributed by atoms with Crippen LogP contribution in [0.2, 0.25) is 0 Å². The summed E-state index contributed by atoms with van der Waals surface area (Å²) in [7, 11) is 0. The van der Waals surface area contributed by atoms with Crippen LogP contribution in [0.4, 0.5) is 0 Å². The molecule has 0 bridgehead atoms. The zero-order valence-electron chi connectivity index (χ0n) is 7.54. The number of hydrogen-bond donors (Lipinski definition) is 2. The van der Waals surface area contributed by atoms with Gasteiger partial charge < -0.3 is 10.8 Å². The van der Waals surface area contributed by atoms with Gasteiger partial charge in [-0.1, -0.05) is 19.3 Å². The highest BCUT2D eigenvalue weighted by molar-refractivity contribution is 5.85. The van der Waals surface area contributed by atoms with E-state index in [1.54, 1.807) is 0 Å². The lowest BCUT2D eigenvalue weighted by Gasteiger charge is -2.26. The van der Waals surface area contributed by atoms with Crippen molar-refractivity contribution in [3.8, 4) is 0 Å². The lowest BCUT2D eigenvalue weighted by Crippen LogP contribution is -2.32. The van der Waals surface area contributed by atoms with Crippen LogP contribution in [0.15, 0.2) is 0 Å². The third-order valence-corrected chi connectivity index (χ3v) is 2.72. The Bertz CT molecular complexity index is 105. The third-order valence-electron chi connectivity index (χ3n) is 2.72. The van der Waals surface area contributed by atoms with Crippen LogP contribution in [0.25, 0.3) is 0 Å². The van der Waals surface area contributed by atoms with Gasteiger partial charge in [-0.05, 0) is 25.2 Å². The molecule has 74 valence electrons. The van der Waals surface area contributed by atoms with E-state index in [9.17, 15) is 0 Å². The fourth-order valence-electron chi connectivity index (χ4n) is 1.95. The van der Waals surface area contributed by atoms with Crippen LogP contribution in [0.1, 0.15) is 38.5 Å². The maximum absolute atomic E-state index is 8.69. The van der Waals surface area contributed by atoms with Gasteiger partial charge in [0.05, 0.1) is 0 Å². The fourth-order valence-corrected chi connectivity index (χ4v) is 1.95. The predicted octanol–water partition coefficient (Wildman–Crippen LogP) is 1.70. The minimum atomic E-state index is 0. The van der Waals surface area contributed by atoms with E-state index >= 15 is 0 Å². The lowest BCUT2D eigenvalue weighted by atomic mass is 9.83. The molecule has 1 saturated carbocycles. The maximum atomic E-state index is 8.69. The molecule has 0 amide bonds. The quantitative estimate of drug-likeness (QED) is 0.717. The molecule has 3 N–H and O–H groups in total. The van der Waals surface area contributed by atoms with Crippen molar-refractivity contribution < 1.29 is 5.11 Å². The molecule has 0 aliphatic heterocycles. The van der Waals surface area contributed by atoms with Gasteiger partial charge in [-0.25, -0.2) is 0 Å². The smallest absolute Gasteiger partial charge is 0.0445 e. The molecule has 1 rings (SSSR count). The summed E-state index contributed by atoms with van der Waals surface area (Å²) in [6, 6.07) is 0.250. The summed E-state index contributed by atoms with van der Waals surface area (Å²) in [6.45, 7) is 0.248. The molecule has 1 atom stereocenters. The Balaban J connectivity index is 0.00000121. The Morgan fingerprint density at radius 3 is 2.33 bits per heavy atom. The average Bonchev–Trinajstić information content (AvgIpc) is 2.07. The van der Waals surface area contributed by atoms with Crippen LogP contribution in [-0.2, 0) is 0 Å². The highest BCUT2D eigenvalue weighted by atomic mass is 35.5. The van der Waals surface area contributed by atoms with Crippen molar-refractivity contribution in [3.63, 3.8) is 0 Å². The second-order valence-corrected chi connectivity index (χ2v) is 3.57. The van der Waals surface area contributed by atoms with E-state index in [4.69, 9.17) is 10.8 Å². The minimum absolute atomic E-state index is 0. The first-order chi connectivity index (χ1) is 5.34. The first-order valence-corrected chi connectivity index (χ1v) is 4.71. The van der Waals surface area contributed by atoms with Gasteiger partial charge in [0.2, 0.25) is 0 Å². The van der Waals surface area contributed by atoms with Crippen molar-refractivity contribution >= 4 is 12.4 Å². The van der Waals surface area contributed by atoms with Gasteiger partial charge in [0.15, 0.2) is 0 Å². The molecule has 12 heavy (non-hydrogen) atoms. The Labute approximate surface area is 80.9 Å². The SMILES string of the molecule is Cl.N[C@@H](CCO)C1CCCCC1. The van der Waals surface area contributed by atoms with Gasteiger partial charge >= 0.3 is 0 Å². The van der Waals surface area contributed by atoms with Gasteiger partial charge in [0.1, 0.15) is 0 Å². The molecule has 1 aliphatic carbocycles. The third kappa shape index (κ3) is 3.74. The van der Waals surface area contributed by atoms with E-state index < -0.39 is 0 Å². The van der Waals surface area contributed by atoms with Crippen molar-refractivity contribution in [2.75, 3.05) is 6.61 Å². The topological polar surface area (TPSA) is 46.2 Å². The van der Waals surface area contributed by atoms with Crippen LogP contribution in [0, 0.1) is 5.92 Å². The summed E-state index contributed by atoms with van der Waals surface area (Å²) in [5.74, 6) is 0.691.